The van der Waals surface area contributed by atoms with Crippen molar-refractivity contribution in [2.75, 3.05) is 6.61 Å². The van der Waals surface area contributed by atoms with Crippen molar-refractivity contribution < 1.29 is 19.0 Å². The van der Waals surface area contributed by atoms with Gasteiger partial charge in [-0.25, -0.2) is 0 Å². The van der Waals surface area contributed by atoms with E-state index in [4.69, 9.17) is 13.9 Å². The van der Waals surface area contributed by atoms with Crippen LogP contribution < -0.4 is 0 Å². The first-order valence-corrected chi connectivity index (χ1v) is 11.0. The molecule has 130 valence electrons. The van der Waals surface area contributed by atoms with Gasteiger partial charge in [0.25, 0.3) is 0 Å². The summed E-state index contributed by atoms with van der Waals surface area (Å²) in [7, 11) is -1.98. The minimum absolute atomic E-state index is 0.0286. The van der Waals surface area contributed by atoms with E-state index in [1.54, 1.807) is 6.08 Å². The summed E-state index contributed by atoms with van der Waals surface area (Å²) in [5.41, 5.74) is 0. The van der Waals surface area contributed by atoms with Crippen LogP contribution in [0.15, 0.2) is 12.7 Å². The predicted octanol–water partition coefficient (Wildman–Crippen LogP) is 3.71. The zero-order valence-electron chi connectivity index (χ0n) is 15.5. The van der Waals surface area contributed by atoms with Gasteiger partial charge in [-0.2, -0.15) is 0 Å². The molecule has 4 atom stereocenters. The number of aliphatic hydroxyl groups is 1. The van der Waals surface area contributed by atoms with Gasteiger partial charge >= 0.3 is 0 Å². The molecule has 1 heterocycles. The summed E-state index contributed by atoms with van der Waals surface area (Å²) < 4.78 is 18.6. The first-order valence-electron chi connectivity index (χ1n) is 8.11. The Morgan fingerprint density at radius 2 is 1.86 bits per heavy atom. The van der Waals surface area contributed by atoms with Crippen LogP contribution in [-0.2, 0) is 13.9 Å². The predicted molar refractivity (Wildman–Crippen MR) is 92.3 cm³/mol. The Kier molecular flexibility index (Phi) is 6.07. The second kappa shape index (κ2) is 6.73. The van der Waals surface area contributed by atoms with Crippen molar-refractivity contribution in [2.45, 2.75) is 83.8 Å². The molecule has 0 radical (unpaired) electrons. The maximum Gasteiger partial charge on any atom is 0.192 e. The third-order valence-electron chi connectivity index (χ3n) is 4.81. The topological polar surface area (TPSA) is 47.9 Å². The number of ether oxygens (including phenoxy) is 2. The molecule has 1 aliphatic rings. The number of aliphatic hydroxyl groups excluding tert-OH is 1. The highest BCUT2D eigenvalue weighted by molar-refractivity contribution is 6.74. The van der Waals surface area contributed by atoms with Gasteiger partial charge < -0.3 is 19.0 Å². The molecule has 0 aromatic heterocycles. The molecular formula is C17H34O4Si. The molecule has 0 amide bonds. The van der Waals surface area contributed by atoms with Gasteiger partial charge in [0.1, 0.15) is 12.2 Å². The van der Waals surface area contributed by atoms with Crippen molar-refractivity contribution in [1.82, 2.24) is 0 Å². The van der Waals surface area contributed by atoms with Crippen molar-refractivity contribution in [3.8, 4) is 0 Å². The lowest BCUT2D eigenvalue weighted by atomic mass is 9.97. The molecule has 1 aliphatic heterocycles. The van der Waals surface area contributed by atoms with Crippen LogP contribution in [0.2, 0.25) is 18.1 Å². The molecular weight excluding hydrogens is 296 g/mol. The zero-order chi connectivity index (χ0) is 17.3. The highest BCUT2D eigenvalue weighted by Gasteiger charge is 2.49. The summed E-state index contributed by atoms with van der Waals surface area (Å²) in [6.45, 7) is 20.8. The lowest BCUT2D eigenvalue weighted by Crippen LogP contribution is -2.51. The molecule has 0 saturated carbocycles. The zero-order valence-corrected chi connectivity index (χ0v) is 16.5. The van der Waals surface area contributed by atoms with E-state index < -0.39 is 14.1 Å². The molecule has 4 nitrogen and oxygen atoms in total. The van der Waals surface area contributed by atoms with Gasteiger partial charge in [-0.15, -0.1) is 6.58 Å². The quantitative estimate of drug-likeness (QED) is 0.596. The molecule has 1 fully saturated rings. The third-order valence-corrected chi connectivity index (χ3v) is 9.28. The molecule has 22 heavy (non-hydrogen) atoms. The first-order chi connectivity index (χ1) is 9.84. The Morgan fingerprint density at radius 3 is 2.27 bits per heavy atom. The fraction of sp³-hybridized carbons (Fsp3) is 0.882. The summed E-state index contributed by atoms with van der Waals surface area (Å²) in [5.74, 6) is -0.688. The molecule has 0 aromatic rings. The minimum atomic E-state index is -1.98. The van der Waals surface area contributed by atoms with Crippen LogP contribution in [0.3, 0.4) is 0 Å². The molecule has 5 heteroatoms. The lowest BCUT2D eigenvalue weighted by Gasteiger charge is -2.42. The van der Waals surface area contributed by atoms with Gasteiger partial charge in [-0.3, -0.25) is 0 Å². The average Bonchev–Trinajstić information content (AvgIpc) is 2.68. The van der Waals surface area contributed by atoms with Gasteiger partial charge in [-0.05, 0) is 32.0 Å². The van der Waals surface area contributed by atoms with Crippen LogP contribution in [0.1, 0.15) is 41.5 Å². The van der Waals surface area contributed by atoms with Crippen LogP contribution in [0.4, 0.5) is 0 Å². The van der Waals surface area contributed by atoms with Crippen LogP contribution in [0.25, 0.3) is 0 Å². The maximum atomic E-state index is 9.67. The summed E-state index contributed by atoms with van der Waals surface area (Å²) in [4.78, 5) is 0. The molecule has 0 aliphatic carbocycles. The van der Waals surface area contributed by atoms with E-state index in [1.165, 1.54) is 0 Å². The highest BCUT2D eigenvalue weighted by atomic mass is 28.4. The minimum Gasteiger partial charge on any atom is -0.411 e. The summed E-state index contributed by atoms with van der Waals surface area (Å²) in [6.07, 6.45) is 1.09. The van der Waals surface area contributed by atoms with Gasteiger partial charge in [0.15, 0.2) is 14.1 Å². The van der Waals surface area contributed by atoms with Gasteiger partial charge in [-0.1, -0.05) is 33.8 Å². The van der Waals surface area contributed by atoms with E-state index in [0.29, 0.717) is 0 Å². The standard InChI is InChI=1S/C17H34O4Si/c1-10-13-15(20-17(6,7)19-13)14(12(2)11-18)21-22(8,9)16(3,4)5/h10,12-15,18H,1,11H2,2-9H3/t12-,13+,14-,15-/m0/s1. The van der Waals surface area contributed by atoms with E-state index >= 15 is 0 Å². The third kappa shape index (κ3) is 4.42. The number of hydrogen-bond acceptors (Lipinski definition) is 4. The fourth-order valence-electron chi connectivity index (χ4n) is 2.38. The van der Waals surface area contributed by atoms with Crippen molar-refractivity contribution in [3.05, 3.63) is 12.7 Å². The van der Waals surface area contributed by atoms with Gasteiger partial charge in [0.2, 0.25) is 0 Å². The Hall–Kier alpha value is -0.203. The molecule has 0 aromatic carbocycles. The Balaban J connectivity index is 3.06. The number of rotatable bonds is 6. The molecule has 1 rings (SSSR count). The Labute approximate surface area is 137 Å². The Morgan fingerprint density at radius 1 is 1.32 bits per heavy atom. The largest absolute Gasteiger partial charge is 0.411 e. The van der Waals surface area contributed by atoms with Crippen LogP contribution in [0.5, 0.6) is 0 Å². The van der Waals surface area contributed by atoms with E-state index in [9.17, 15) is 5.11 Å². The summed E-state index contributed by atoms with van der Waals surface area (Å²) in [6, 6.07) is 0. The van der Waals surface area contributed by atoms with Crippen LogP contribution in [0, 0.1) is 5.92 Å². The SMILES string of the molecule is C=C[C@H]1OC(C)(C)O[C@@H]1[C@@H](O[Si](C)(C)C(C)(C)C)[C@@H](C)CO. The van der Waals surface area contributed by atoms with Crippen molar-refractivity contribution in [1.29, 1.82) is 0 Å². The molecule has 0 bridgehead atoms. The van der Waals surface area contributed by atoms with Gasteiger partial charge in [0.05, 0.1) is 6.10 Å². The van der Waals surface area contributed by atoms with Crippen molar-refractivity contribution in [2.24, 2.45) is 5.92 Å². The summed E-state index contributed by atoms with van der Waals surface area (Å²) >= 11 is 0. The highest BCUT2D eigenvalue weighted by Crippen LogP contribution is 2.41. The van der Waals surface area contributed by atoms with Gasteiger partial charge in [0, 0.05) is 12.5 Å². The Bertz CT molecular complexity index is 387. The first kappa shape index (κ1) is 19.8. The van der Waals surface area contributed by atoms with E-state index in [-0.39, 0.29) is 35.9 Å². The molecule has 0 unspecified atom stereocenters. The smallest absolute Gasteiger partial charge is 0.192 e. The second-order valence-corrected chi connectivity index (χ2v) is 13.1. The number of hydrogen-bond donors (Lipinski definition) is 1. The monoisotopic (exact) mass is 330 g/mol. The second-order valence-electron chi connectivity index (χ2n) is 8.30. The van der Waals surface area contributed by atoms with E-state index in [0.717, 1.165) is 0 Å². The maximum absolute atomic E-state index is 9.67. The lowest BCUT2D eigenvalue weighted by molar-refractivity contribution is -0.156. The molecule has 0 spiro atoms. The average molecular weight is 331 g/mol. The van der Waals surface area contributed by atoms with Crippen LogP contribution in [-0.4, -0.2) is 44.1 Å². The summed E-state index contributed by atoms with van der Waals surface area (Å²) in [5, 5.41) is 9.76. The molecule has 1 N–H and O–H groups in total. The van der Waals surface area contributed by atoms with E-state index in [2.05, 4.69) is 40.4 Å². The molecule has 1 saturated heterocycles. The van der Waals surface area contributed by atoms with Crippen molar-refractivity contribution >= 4 is 8.32 Å². The van der Waals surface area contributed by atoms with Crippen LogP contribution >= 0.6 is 0 Å². The normalized spacial score (nSPS) is 28.4. The van der Waals surface area contributed by atoms with Crippen molar-refractivity contribution in [3.63, 3.8) is 0 Å². The fourth-order valence-corrected chi connectivity index (χ4v) is 3.78. The van der Waals surface area contributed by atoms with E-state index in [1.807, 2.05) is 20.8 Å².